The van der Waals surface area contributed by atoms with Gasteiger partial charge in [0.25, 0.3) is 0 Å². The fourth-order valence-electron chi connectivity index (χ4n) is 2.44. The van der Waals surface area contributed by atoms with Gasteiger partial charge in [-0.1, -0.05) is 53.7 Å². The monoisotopic (exact) mass is 258 g/mol. The zero-order valence-electron chi connectivity index (χ0n) is 13.0. The molecule has 1 aromatic heterocycles. The average molecular weight is 258 g/mol. The number of hydrogen-bond acceptors (Lipinski definition) is 1. The Morgan fingerprint density at radius 1 is 1.11 bits per heavy atom. The Hall–Kier alpha value is -1.31. The maximum atomic E-state index is 4.76. The summed E-state index contributed by atoms with van der Waals surface area (Å²) in [5.74, 6) is 1.75. The number of nitrogens with one attached hydrogen (secondary N) is 1. The summed E-state index contributed by atoms with van der Waals surface area (Å²) >= 11 is 0. The van der Waals surface area contributed by atoms with Crippen molar-refractivity contribution < 1.29 is 0 Å². The number of hydrogen-bond donors (Lipinski definition) is 1. The molecule has 0 bridgehead atoms. The van der Waals surface area contributed by atoms with Crippen LogP contribution >= 0.6 is 0 Å². The van der Waals surface area contributed by atoms with E-state index in [0.717, 1.165) is 23.3 Å². The van der Waals surface area contributed by atoms with Gasteiger partial charge < -0.3 is 4.98 Å². The van der Waals surface area contributed by atoms with Gasteiger partial charge in [0.15, 0.2) is 0 Å². The number of aromatic nitrogens is 2. The van der Waals surface area contributed by atoms with Crippen molar-refractivity contribution >= 4 is 11.0 Å². The van der Waals surface area contributed by atoms with E-state index in [1.54, 1.807) is 0 Å². The van der Waals surface area contributed by atoms with E-state index in [1.165, 1.54) is 0 Å². The smallest absolute Gasteiger partial charge is 0.112 e. The topological polar surface area (TPSA) is 28.7 Å². The minimum absolute atomic E-state index is 0.0751. The van der Waals surface area contributed by atoms with Crippen molar-refractivity contribution in [1.82, 2.24) is 9.97 Å². The SMILES string of the molecule is CC(CC(C)(C)c1nc2ccccc2[nH]1)C(C)(C)C. The summed E-state index contributed by atoms with van der Waals surface area (Å²) in [4.78, 5) is 8.25. The molecule has 0 saturated heterocycles. The average Bonchev–Trinajstić information content (AvgIpc) is 2.71. The van der Waals surface area contributed by atoms with E-state index in [-0.39, 0.29) is 5.41 Å². The Kier molecular flexibility index (Phi) is 3.46. The fraction of sp³-hybridized carbons (Fsp3) is 0.588. The normalized spacial score (nSPS) is 14.8. The maximum Gasteiger partial charge on any atom is 0.112 e. The summed E-state index contributed by atoms with van der Waals surface area (Å²) in [5.41, 5.74) is 2.61. The third kappa shape index (κ3) is 2.99. The van der Waals surface area contributed by atoms with Crippen LogP contribution in [0.1, 0.15) is 53.8 Å². The molecule has 2 nitrogen and oxygen atoms in total. The number of rotatable bonds is 3. The van der Waals surface area contributed by atoms with E-state index in [9.17, 15) is 0 Å². The van der Waals surface area contributed by atoms with Gasteiger partial charge in [-0.05, 0) is 29.9 Å². The quantitative estimate of drug-likeness (QED) is 0.832. The number of aromatic amines is 1. The van der Waals surface area contributed by atoms with Gasteiger partial charge in [0.1, 0.15) is 5.82 Å². The lowest BCUT2D eigenvalue weighted by Gasteiger charge is -2.34. The molecule has 1 N–H and O–H groups in total. The summed E-state index contributed by atoms with van der Waals surface area (Å²) in [6, 6.07) is 8.25. The molecule has 19 heavy (non-hydrogen) atoms. The van der Waals surface area contributed by atoms with Crippen molar-refractivity contribution in [3.05, 3.63) is 30.1 Å². The van der Waals surface area contributed by atoms with E-state index >= 15 is 0 Å². The third-order valence-electron chi connectivity index (χ3n) is 4.33. The zero-order valence-corrected chi connectivity index (χ0v) is 13.0. The number of nitrogens with zero attached hydrogens (tertiary/aromatic N) is 1. The molecule has 1 atom stereocenters. The maximum absolute atomic E-state index is 4.76. The Labute approximate surface area is 116 Å². The summed E-state index contributed by atoms with van der Waals surface area (Å²) < 4.78 is 0. The van der Waals surface area contributed by atoms with E-state index in [2.05, 4.69) is 64.7 Å². The Morgan fingerprint density at radius 2 is 1.74 bits per heavy atom. The fourth-order valence-corrected chi connectivity index (χ4v) is 2.44. The van der Waals surface area contributed by atoms with Crippen molar-refractivity contribution in [3.8, 4) is 0 Å². The van der Waals surface area contributed by atoms with Gasteiger partial charge in [-0.3, -0.25) is 0 Å². The molecule has 0 radical (unpaired) electrons. The molecule has 1 aromatic carbocycles. The first kappa shape index (κ1) is 14.1. The van der Waals surface area contributed by atoms with Crippen molar-refractivity contribution in [1.29, 1.82) is 0 Å². The minimum atomic E-state index is 0.0751. The lowest BCUT2D eigenvalue weighted by Crippen LogP contribution is -2.28. The highest BCUT2D eigenvalue weighted by atomic mass is 14.9. The molecule has 1 heterocycles. The van der Waals surface area contributed by atoms with Crippen LogP contribution in [0.2, 0.25) is 0 Å². The number of para-hydroxylation sites is 2. The molecule has 0 fully saturated rings. The molecule has 2 heteroatoms. The van der Waals surface area contributed by atoms with Gasteiger partial charge in [0, 0.05) is 5.41 Å². The molecule has 1 unspecified atom stereocenters. The van der Waals surface area contributed by atoms with E-state index in [1.807, 2.05) is 6.07 Å². The Morgan fingerprint density at radius 3 is 2.32 bits per heavy atom. The molecule has 2 rings (SSSR count). The first-order valence-electron chi connectivity index (χ1n) is 7.15. The number of imidazole rings is 1. The first-order chi connectivity index (χ1) is 8.70. The van der Waals surface area contributed by atoms with Crippen LogP contribution in [0.25, 0.3) is 11.0 Å². The van der Waals surface area contributed by atoms with E-state index in [0.29, 0.717) is 11.3 Å². The second-order valence-electron chi connectivity index (χ2n) is 7.46. The van der Waals surface area contributed by atoms with Gasteiger partial charge >= 0.3 is 0 Å². The Balaban J connectivity index is 2.28. The highest BCUT2D eigenvalue weighted by Gasteiger charge is 2.31. The second-order valence-corrected chi connectivity index (χ2v) is 7.46. The zero-order chi connectivity index (χ0) is 14.3. The summed E-state index contributed by atoms with van der Waals surface area (Å²) in [6.07, 6.45) is 1.14. The van der Waals surface area contributed by atoms with E-state index < -0.39 is 0 Å². The second kappa shape index (κ2) is 4.66. The molecule has 104 valence electrons. The summed E-state index contributed by atoms with van der Waals surface area (Å²) in [5, 5.41) is 0. The summed E-state index contributed by atoms with van der Waals surface area (Å²) in [6.45, 7) is 13.8. The van der Waals surface area contributed by atoms with Crippen molar-refractivity contribution in [2.75, 3.05) is 0 Å². The van der Waals surface area contributed by atoms with Gasteiger partial charge in [-0.2, -0.15) is 0 Å². The summed E-state index contributed by atoms with van der Waals surface area (Å²) in [7, 11) is 0. The van der Waals surface area contributed by atoms with E-state index in [4.69, 9.17) is 4.98 Å². The van der Waals surface area contributed by atoms with Crippen LogP contribution in [-0.4, -0.2) is 9.97 Å². The van der Waals surface area contributed by atoms with Crippen LogP contribution < -0.4 is 0 Å². The lowest BCUT2D eigenvalue weighted by atomic mass is 9.72. The molecule has 0 spiro atoms. The van der Waals surface area contributed by atoms with Crippen LogP contribution in [0.5, 0.6) is 0 Å². The van der Waals surface area contributed by atoms with Gasteiger partial charge in [0.05, 0.1) is 11.0 Å². The molecule has 0 aliphatic carbocycles. The highest BCUT2D eigenvalue weighted by Crippen LogP contribution is 2.37. The molecular weight excluding hydrogens is 232 g/mol. The number of fused-ring (bicyclic) bond motifs is 1. The molecular formula is C17H26N2. The first-order valence-corrected chi connectivity index (χ1v) is 7.15. The van der Waals surface area contributed by atoms with Crippen molar-refractivity contribution in [3.63, 3.8) is 0 Å². The number of benzene rings is 1. The Bertz CT molecular complexity index is 525. The predicted molar refractivity (Wildman–Crippen MR) is 82.4 cm³/mol. The van der Waals surface area contributed by atoms with Crippen molar-refractivity contribution in [2.45, 2.75) is 53.4 Å². The van der Waals surface area contributed by atoms with Gasteiger partial charge in [-0.15, -0.1) is 0 Å². The minimum Gasteiger partial charge on any atom is -0.342 e. The van der Waals surface area contributed by atoms with Crippen LogP contribution in [0.15, 0.2) is 24.3 Å². The largest absolute Gasteiger partial charge is 0.342 e. The molecule has 0 aliphatic rings. The van der Waals surface area contributed by atoms with Crippen LogP contribution in [-0.2, 0) is 5.41 Å². The lowest BCUT2D eigenvalue weighted by molar-refractivity contribution is 0.205. The number of H-pyrrole nitrogens is 1. The van der Waals surface area contributed by atoms with Crippen LogP contribution in [0, 0.1) is 11.3 Å². The molecule has 2 aromatic rings. The third-order valence-corrected chi connectivity index (χ3v) is 4.33. The molecule has 0 amide bonds. The van der Waals surface area contributed by atoms with Crippen LogP contribution in [0.3, 0.4) is 0 Å². The van der Waals surface area contributed by atoms with Crippen molar-refractivity contribution in [2.24, 2.45) is 11.3 Å². The standard InChI is InChI=1S/C17H26N2/c1-12(16(2,3)4)11-17(5,6)15-18-13-9-7-8-10-14(13)19-15/h7-10,12H,11H2,1-6H3,(H,18,19). The van der Waals surface area contributed by atoms with Gasteiger partial charge in [-0.25, -0.2) is 4.98 Å². The van der Waals surface area contributed by atoms with Crippen LogP contribution in [0.4, 0.5) is 0 Å². The highest BCUT2D eigenvalue weighted by molar-refractivity contribution is 5.74. The van der Waals surface area contributed by atoms with Gasteiger partial charge in [0.2, 0.25) is 0 Å². The molecule has 0 saturated carbocycles. The molecule has 0 aliphatic heterocycles. The predicted octanol–water partition coefficient (Wildman–Crippen LogP) is 4.91.